The van der Waals surface area contributed by atoms with E-state index in [4.69, 9.17) is 0 Å². The molecule has 1 saturated heterocycles. The number of hydrogen-bond donors (Lipinski definition) is 2. The zero-order chi connectivity index (χ0) is 19.6. The monoisotopic (exact) mass is 399 g/mol. The standard InChI is InChI=1S/C17H16F3N3O3S/c18-17(19,20)16(26)23-7-1-2-13(23)15(25)21-8-14-22-12(9-27-14)10-3-5-11(24)6-4-10/h3-6,9,13,24H,1-2,7-8H2,(H,21,25). The van der Waals surface area contributed by atoms with E-state index in [1.54, 1.807) is 17.5 Å². The highest BCUT2D eigenvalue weighted by Gasteiger charge is 2.47. The van der Waals surface area contributed by atoms with E-state index in [-0.39, 0.29) is 25.3 Å². The van der Waals surface area contributed by atoms with Crippen LogP contribution in [0.4, 0.5) is 13.2 Å². The second-order valence-corrected chi connectivity index (χ2v) is 6.99. The second-order valence-electron chi connectivity index (χ2n) is 6.05. The molecule has 0 bridgehead atoms. The lowest BCUT2D eigenvalue weighted by Crippen LogP contribution is -2.50. The number of halogens is 3. The number of amides is 2. The molecule has 6 nitrogen and oxygen atoms in total. The van der Waals surface area contributed by atoms with E-state index in [0.29, 0.717) is 22.0 Å². The van der Waals surface area contributed by atoms with Gasteiger partial charge in [0.05, 0.1) is 12.2 Å². The van der Waals surface area contributed by atoms with Crippen LogP contribution in [-0.2, 0) is 16.1 Å². The highest BCUT2D eigenvalue weighted by Crippen LogP contribution is 2.26. The Morgan fingerprint density at radius 3 is 2.67 bits per heavy atom. The highest BCUT2D eigenvalue weighted by atomic mass is 32.1. The molecule has 1 atom stereocenters. The Morgan fingerprint density at radius 2 is 2.00 bits per heavy atom. The normalized spacial score (nSPS) is 17.1. The van der Waals surface area contributed by atoms with Gasteiger partial charge in [0.2, 0.25) is 5.91 Å². The summed E-state index contributed by atoms with van der Waals surface area (Å²) in [6.07, 6.45) is -4.44. The van der Waals surface area contributed by atoms with Gasteiger partial charge < -0.3 is 15.3 Å². The number of carbonyl (C=O) groups excluding carboxylic acids is 2. The first-order chi connectivity index (χ1) is 12.8. The van der Waals surface area contributed by atoms with E-state index < -0.39 is 24.0 Å². The predicted octanol–water partition coefficient (Wildman–Crippen LogP) is 2.69. The van der Waals surface area contributed by atoms with E-state index in [2.05, 4.69) is 10.3 Å². The van der Waals surface area contributed by atoms with Crippen LogP contribution >= 0.6 is 11.3 Å². The van der Waals surface area contributed by atoms with E-state index in [9.17, 15) is 27.9 Å². The fraction of sp³-hybridized carbons (Fsp3) is 0.353. The number of carbonyl (C=O) groups is 2. The summed E-state index contributed by atoms with van der Waals surface area (Å²) in [4.78, 5) is 28.6. The van der Waals surface area contributed by atoms with Gasteiger partial charge in [-0.2, -0.15) is 13.2 Å². The Balaban J connectivity index is 1.61. The van der Waals surface area contributed by atoms with Crippen molar-refractivity contribution in [3.8, 4) is 17.0 Å². The quantitative estimate of drug-likeness (QED) is 0.828. The van der Waals surface area contributed by atoms with Gasteiger partial charge in [-0.05, 0) is 37.1 Å². The summed E-state index contributed by atoms with van der Waals surface area (Å²) in [6, 6.07) is 5.35. The van der Waals surface area contributed by atoms with Crippen molar-refractivity contribution in [3.05, 3.63) is 34.7 Å². The van der Waals surface area contributed by atoms with Gasteiger partial charge in [-0.15, -0.1) is 11.3 Å². The van der Waals surface area contributed by atoms with Crippen LogP contribution in [-0.4, -0.2) is 45.6 Å². The van der Waals surface area contributed by atoms with Crippen molar-refractivity contribution in [1.82, 2.24) is 15.2 Å². The largest absolute Gasteiger partial charge is 0.508 e. The third-order valence-corrected chi connectivity index (χ3v) is 5.04. The smallest absolute Gasteiger partial charge is 0.471 e. The number of thiazole rings is 1. The summed E-state index contributed by atoms with van der Waals surface area (Å²) in [5.41, 5.74) is 1.46. The average molecular weight is 399 g/mol. The molecule has 1 unspecified atom stereocenters. The molecule has 1 fully saturated rings. The Bertz CT molecular complexity index is 836. The number of aromatic hydroxyl groups is 1. The van der Waals surface area contributed by atoms with Gasteiger partial charge in [0, 0.05) is 17.5 Å². The van der Waals surface area contributed by atoms with Crippen LogP contribution in [0.5, 0.6) is 5.75 Å². The Hall–Kier alpha value is -2.62. The van der Waals surface area contributed by atoms with E-state index in [1.165, 1.54) is 23.5 Å². The van der Waals surface area contributed by atoms with Gasteiger partial charge in [0.1, 0.15) is 16.8 Å². The molecule has 2 aromatic rings. The number of alkyl halides is 3. The van der Waals surface area contributed by atoms with Crippen molar-refractivity contribution >= 4 is 23.2 Å². The molecule has 1 aliphatic rings. The molecule has 144 valence electrons. The molecule has 2 N–H and O–H groups in total. The molecule has 2 heterocycles. The molecule has 3 rings (SSSR count). The third kappa shape index (κ3) is 4.38. The summed E-state index contributed by atoms with van der Waals surface area (Å²) < 4.78 is 37.9. The van der Waals surface area contributed by atoms with Crippen molar-refractivity contribution in [2.45, 2.75) is 31.6 Å². The van der Waals surface area contributed by atoms with Gasteiger partial charge in [-0.1, -0.05) is 0 Å². The minimum absolute atomic E-state index is 0.0616. The first-order valence-electron chi connectivity index (χ1n) is 8.15. The zero-order valence-electron chi connectivity index (χ0n) is 14.0. The van der Waals surface area contributed by atoms with Crippen molar-refractivity contribution in [1.29, 1.82) is 0 Å². The summed E-state index contributed by atoms with van der Waals surface area (Å²) in [5, 5.41) is 14.2. The Labute approximate surface area is 156 Å². The van der Waals surface area contributed by atoms with Crippen LogP contribution in [0.25, 0.3) is 11.3 Å². The summed E-state index contributed by atoms with van der Waals surface area (Å²) in [5.74, 6) is -2.47. The third-order valence-electron chi connectivity index (χ3n) is 4.19. The minimum Gasteiger partial charge on any atom is -0.508 e. The van der Waals surface area contributed by atoms with E-state index in [0.717, 1.165) is 5.56 Å². The van der Waals surface area contributed by atoms with Crippen LogP contribution in [0.2, 0.25) is 0 Å². The molecule has 27 heavy (non-hydrogen) atoms. The molecule has 1 aromatic carbocycles. The van der Waals surface area contributed by atoms with E-state index >= 15 is 0 Å². The molecule has 0 aliphatic carbocycles. The zero-order valence-corrected chi connectivity index (χ0v) is 14.8. The minimum atomic E-state index is -4.99. The Kier molecular flexibility index (Phi) is 5.36. The van der Waals surface area contributed by atoms with Crippen molar-refractivity contribution in [3.63, 3.8) is 0 Å². The number of aromatic nitrogens is 1. The molecule has 0 spiro atoms. The lowest BCUT2D eigenvalue weighted by atomic mass is 10.2. The number of likely N-dealkylation sites (tertiary alicyclic amines) is 1. The SMILES string of the molecule is O=C(NCc1nc(-c2ccc(O)cc2)cs1)C1CCCN1C(=O)C(F)(F)F. The molecular formula is C17H16F3N3O3S. The molecule has 10 heteroatoms. The first-order valence-corrected chi connectivity index (χ1v) is 9.03. The number of rotatable bonds is 4. The summed E-state index contributed by atoms with van der Waals surface area (Å²) >= 11 is 1.30. The van der Waals surface area contributed by atoms with Gasteiger partial charge in [0.25, 0.3) is 0 Å². The van der Waals surface area contributed by atoms with Crippen molar-refractivity contribution in [2.24, 2.45) is 0 Å². The maximum Gasteiger partial charge on any atom is 0.471 e. The fourth-order valence-corrected chi connectivity index (χ4v) is 3.63. The number of benzene rings is 1. The average Bonchev–Trinajstić information content (AvgIpc) is 3.28. The van der Waals surface area contributed by atoms with Gasteiger partial charge in [0.15, 0.2) is 0 Å². The number of hydrogen-bond acceptors (Lipinski definition) is 5. The summed E-state index contributed by atoms with van der Waals surface area (Å²) in [6.45, 7) is -0.0230. The maximum absolute atomic E-state index is 12.6. The first kappa shape index (κ1) is 19.2. The lowest BCUT2D eigenvalue weighted by molar-refractivity contribution is -0.186. The van der Waals surface area contributed by atoms with Gasteiger partial charge in [-0.3, -0.25) is 9.59 Å². The Morgan fingerprint density at radius 1 is 1.30 bits per heavy atom. The van der Waals surface area contributed by atoms with Crippen LogP contribution in [0, 0.1) is 0 Å². The number of nitrogens with zero attached hydrogens (tertiary/aromatic N) is 2. The van der Waals surface area contributed by atoms with Crippen molar-refractivity contribution < 1.29 is 27.9 Å². The molecule has 1 aromatic heterocycles. The van der Waals surface area contributed by atoms with Crippen LogP contribution in [0.15, 0.2) is 29.6 Å². The van der Waals surface area contributed by atoms with Crippen LogP contribution in [0.1, 0.15) is 17.8 Å². The number of phenolic OH excluding ortho intramolecular Hbond substituents is 1. The maximum atomic E-state index is 12.6. The van der Waals surface area contributed by atoms with E-state index in [1.807, 2.05) is 0 Å². The fourth-order valence-electron chi connectivity index (χ4n) is 2.88. The highest BCUT2D eigenvalue weighted by molar-refractivity contribution is 7.09. The molecule has 0 radical (unpaired) electrons. The lowest BCUT2D eigenvalue weighted by Gasteiger charge is -2.24. The second kappa shape index (κ2) is 7.55. The molecule has 1 aliphatic heterocycles. The molecule has 0 saturated carbocycles. The molecule has 2 amide bonds. The molecular weight excluding hydrogens is 383 g/mol. The van der Waals surface area contributed by atoms with Crippen LogP contribution < -0.4 is 5.32 Å². The number of phenols is 1. The van der Waals surface area contributed by atoms with Gasteiger partial charge >= 0.3 is 12.1 Å². The number of nitrogens with one attached hydrogen (secondary N) is 1. The van der Waals surface area contributed by atoms with Crippen molar-refractivity contribution in [2.75, 3.05) is 6.54 Å². The summed E-state index contributed by atoms with van der Waals surface area (Å²) in [7, 11) is 0. The van der Waals surface area contributed by atoms with Gasteiger partial charge in [-0.25, -0.2) is 4.98 Å². The van der Waals surface area contributed by atoms with Crippen LogP contribution in [0.3, 0.4) is 0 Å². The topological polar surface area (TPSA) is 82.5 Å². The predicted molar refractivity (Wildman–Crippen MR) is 91.9 cm³/mol.